The number of benzene rings is 1. The second-order valence-corrected chi connectivity index (χ2v) is 6.32. The molecule has 1 aromatic carbocycles. The molecule has 1 atom stereocenters. The fraction of sp³-hybridized carbons (Fsp3) is 0.417. The maximum Gasteiger partial charge on any atom is 0.221 e. The summed E-state index contributed by atoms with van der Waals surface area (Å²) in [5, 5.41) is 3.26. The molecule has 0 saturated carbocycles. The minimum Gasteiger partial charge on any atom is -0.399 e. The van der Waals surface area contributed by atoms with Crippen molar-refractivity contribution in [2.24, 2.45) is 0 Å². The Bertz CT molecular complexity index is 425. The Morgan fingerprint density at radius 2 is 2.29 bits per heavy atom. The van der Waals surface area contributed by atoms with E-state index in [2.05, 4.69) is 21.2 Å². The number of nitrogens with one attached hydrogen (secondary N) is 1. The number of thioether (sulfide) groups is 1. The predicted octanol–water partition coefficient (Wildman–Crippen LogP) is 2.79. The molecule has 0 radical (unpaired) electrons. The molecule has 5 heteroatoms. The van der Waals surface area contributed by atoms with E-state index in [4.69, 9.17) is 5.73 Å². The number of anilines is 1. The maximum atomic E-state index is 11.5. The van der Waals surface area contributed by atoms with E-state index >= 15 is 0 Å². The van der Waals surface area contributed by atoms with Gasteiger partial charge in [-0.2, -0.15) is 0 Å². The topological polar surface area (TPSA) is 55.1 Å². The summed E-state index contributed by atoms with van der Waals surface area (Å²) in [5.74, 6) is 0.159. The van der Waals surface area contributed by atoms with Gasteiger partial charge in [-0.05, 0) is 47.0 Å². The van der Waals surface area contributed by atoms with Gasteiger partial charge in [0.15, 0.2) is 0 Å². The Labute approximate surface area is 114 Å². The Balaban J connectivity index is 2.06. The SMILES string of the molecule is Nc1ccc(SC2CCCNC(=O)C2)c(Br)c1. The highest BCUT2D eigenvalue weighted by Crippen LogP contribution is 2.35. The van der Waals surface area contributed by atoms with E-state index in [0.717, 1.165) is 34.4 Å². The summed E-state index contributed by atoms with van der Waals surface area (Å²) in [6.45, 7) is 0.804. The van der Waals surface area contributed by atoms with Gasteiger partial charge in [-0.15, -0.1) is 11.8 Å². The standard InChI is InChI=1S/C12H15BrN2OS/c13-10-6-8(14)3-4-11(10)17-9-2-1-5-15-12(16)7-9/h3-4,6,9H,1-2,5,7,14H2,(H,15,16). The zero-order valence-corrected chi connectivity index (χ0v) is 11.8. The monoisotopic (exact) mass is 314 g/mol. The van der Waals surface area contributed by atoms with Gasteiger partial charge < -0.3 is 11.1 Å². The molecular formula is C12H15BrN2OS. The van der Waals surface area contributed by atoms with Crippen molar-refractivity contribution < 1.29 is 4.79 Å². The van der Waals surface area contributed by atoms with Gasteiger partial charge in [0, 0.05) is 33.3 Å². The molecule has 17 heavy (non-hydrogen) atoms. The molecule has 0 spiro atoms. The lowest BCUT2D eigenvalue weighted by molar-refractivity contribution is -0.120. The number of nitrogen functional groups attached to an aromatic ring is 1. The first-order valence-corrected chi connectivity index (χ1v) is 7.31. The van der Waals surface area contributed by atoms with Crippen molar-refractivity contribution in [2.75, 3.05) is 12.3 Å². The smallest absolute Gasteiger partial charge is 0.221 e. The van der Waals surface area contributed by atoms with E-state index in [9.17, 15) is 4.79 Å². The first-order chi connectivity index (χ1) is 8.15. The Kier molecular flexibility index (Phi) is 4.34. The molecule has 1 aromatic rings. The Morgan fingerprint density at radius 3 is 3.06 bits per heavy atom. The molecule has 0 aliphatic carbocycles. The summed E-state index contributed by atoms with van der Waals surface area (Å²) in [5.41, 5.74) is 6.45. The molecule has 1 aliphatic rings. The van der Waals surface area contributed by atoms with E-state index < -0.39 is 0 Å². The van der Waals surface area contributed by atoms with Crippen LogP contribution in [-0.4, -0.2) is 17.7 Å². The lowest BCUT2D eigenvalue weighted by Gasteiger charge is -2.13. The lowest BCUT2D eigenvalue weighted by atomic mass is 10.2. The van der Waals surface area contributed by atoms with Gasteiger partial charge in [-0.25, -0.2) is 0 Å². The zero-order valence-electron chi connectivity index (χ0n) is 9.41. The van der Waals surface area contributed by atoms with E-state index in [0.29, 0.717) is 11.7 Å². The third-order valence-electron chi connectivity index (χ3n) is 2.69. The average molecular weight is 315 g/mol. The average Bonchev–Trinajstić information content (AvgIpc) is 2.47. The summed E-state index contributed by atoms with van der Waals surface area (Å²) >= 11 is 5.26. The number of hydrogen-bond acceptors (Lipinski definition) is 3. The Hall–Kier alpha value is -0.680. The van der Waals surface area contributed by atoms with Crippen LogP contribution >= 0.6 is 27.7 Å². The summed E-state index contributed by atoms with van der Waals surface area (Å²) in [6.07, 6.45) is 2.72. The number of rotatable bonds is 2. The van der Waals surface area contributed by atoms with Crippen LogP contribution in [0.1, 0.15) is 19.3 Å². The molecule has 3 N–H and O–H groups in total. The molecule has 0 bridgehead atoms. The third-order valence-corrected chi connectivity index (χ3v) is 4.95. The van der Waals surface area contributed by atoms with Crippen LogP contribution in [-0.2, 0) is 4.79 Å². The minimum absolute atomic E-state index is 0.159. The molecule has 1 saturated heterocycles. The van der Waals surface area contributed by atoms with Crippen LogP contribution in [0.3, 0.4) is 0 Å². The summed E-state index contributed by atoms with van der Waals surface area (Å²) < 4.78 is 1.01. The second-order valence-electron chi connectivity index (χ2n) is 4.13. The van der Waals surface area contributed by atoms with Gasteiger partial charge in [0.2, 0.25) is 5.91 Å². The number of amides is 1. The van der Waals surface area contributed by atoms with Crippen molar-refractivity contribution in [1.29, 1.82) is 0 Å². The highest BCUT2D eigenvalue weighted by atomic mass is 79.9. The van der Waals surface area contributed by atoms with E-state index in [1.165, 1.54) is 0 Å². The highest BCUT2D eigenvalue weighted by molar-refractivity contribution is 9.10. The van der Waals surface area contributed by atoms with Crippen molar-refractivity contribution in [3.8, 4) is 0 Å². The third kappa shape index (κ3) is 3.64. The van der Waals surface area contributed by atoms with Gasteiger partial charge in [0.25, 0.3) is 0 Å². The summed E-state index contributed by atoms with van der Waals surface area (Å²) in [6, 6.07) is 5.80. The van der Waals surface area contributed by atoms with Crippen LogP contribution in [0.25, 0.3) is 0 Å². The van der Waals surface area contributed by atoms with Gasteiger partial charge >= 0.3 is 0 Å². The molecule has 1 aliphatic heterocycles. The summed E-state index contributed by atoms with van der Waals surface area (Å²) in [7, 11) is 0. The van der Waals surface area contributed by atoms with E-state index in [-0.39, 0.29) is 5.91 Å². The fourth-order valence-electron chi connectivity index (χ4n) is 1.83. The molecule has 0 aromatic heterocycles. The maximum absolute atomic E-state index is 11.5. The largest absolute Gasteiger partial charge is 0.399 e. The van der Waals surface area contributed by atoms with Gasteiger partial charge in [-0.3, -0.25) is 4.79 Å². The van der Waals surface area contributed by atoms with Crippen LogP contribution in [0.15, 0.2) is 27.6 Å². The Morgan fingerprint density at radius 1 is 1.47 bits per heavy atom. The molecule has 1 unspecified atom stereocenters. The molecule has 1 amide bonds. The normalized spacial score (nSPS) is 20.8. The van der Waals surface area contributed by atoms with Gasteiger partial charge in [0.05, 0.1) is 0 Å². The number of hydrogen-bond donors (Lipinski definition) is 2. The molecule has 3 nitrogen and oxygen atoms in total. The van der Waals surface area contributed by atoms with E-state index in [1.807, 2.05) is 18.2 Å². The first kappa shape index (κ1) is 12.8. The predicted molar refractivity (Wildman–Crippen MR) is 75.1 cm³/mol. The molecule has 2 rings (SSSR count). The zero-order chi connectivity index (χ0) is 12.3. The van der Waals surface area contributed by atoms with Crippen LogP contribution in [0.5, 0.6) is 0 Å². The number of halogens is 1. The second kappa shape index (κ2) is 5.78. The van der Waals surface area contributed by atoms with Crippen LogP contribution < -0.4 is 11.1 Å². The van der Waals surface area contributed by atoms with E-state index in [1.54, 1.807) is 11.8 Å². The quantitative estimate of drug-likeness (QED) is 0.825. The number of carbonyl (C=O) groups is 1. The van der Waals surface area contributed by atoms with Crippen LogP contribution in [0.2, 0.25) is 0 Å². The number of carbonyl (C=O) groups excluding carboxylic acids is 1. The molecule has 92 valence electrons. The van der Waals surface area contributed by atoms with Crippen molar-refractivity contribution in [2.45, 2.75) is 29.4 Å². The number of nitrogens with two attached hydrogens (primary N) is 1. The van der Waals surface area contributed by atoms with Gasteiger partial charge in [0.1, 0.15) is 0 Å². The van der Waals surface area contributed by atoms with Crippen LogP contribution in [0, 0.1) is 0 Å². The highest BCUT2D eigenvalue weighted by Gasteiger charge is 2.19. The molecule has 1 fully saturated rings. The van der Waals surface area contributed by atoms with Gasteiger partial charge in [-0.1, -0.05) is 0 Å². The van der Waals surface area contributed by atoms with Crippen molar-refractivity contribution in [1.82, 2.24) is 5.32 Å². The van der Waals surface area contributed by atoms with Crippen molar-refractivity contribution >= 4 is 39.3 Å². The lowest BCUT2D eigenvalue weighted by Crippen LogP contribution is -2.22. The summed E-state index contributed by atoms with van der Waals surface area (Å²) in [4.78, 5) is 12.6. The van der Waals surface area contributed by atoms with Crippen molar-refractivity contribution in [3.05, 3.63) is 22.7 Å². The first-order valence-electron chi connectivity index (χ1n) is 5.63. The minimum atomic E-state index is 0.159. The van der Waals surface area contributed by atoms with Crippen molar-refractivity contribution in [3.63, 3.8) is 0 Å². The fourth-order valence-corrected chi connectivity index (χ4v) is 3.70. The van der Waals surface area contributed by atoms with Crippen LogP contribution in [0.4, 0.5) is 5.69 Å². The molecule has 1 heterocycles. The molecular weight excluding hydrogens is 300 g/mol.